The van der Waals surface area contributed by atoms with Gasteiger partial charge in [-0.15, -0.1) is 0 Å². The molecular weight excluding hydrogens is 364 g/mol. The molecule has 1 heterocycles. The largest absolute Gasteiger partial charge is 0.339 e. The van der Waals surface area contributed by atoms with E-state index >= 15 is 0 Å². The highest BCUT2D eigenvalue weighted by Gasteiger charge is 2.29. The van der Waals surface area contributed by atoms with E-state index in [2.05, 4.69) is 60.5 Å². The number of hydrogen-bond acceptors (Lipinski definition) is 3. The van der Waals surface area contributed by atoms with Crippen LogP contribution < -0.4 is 10.2 Å². The van der Waals surface area contributed by atoms with Gasteiger partial charge >= 0.3 is 0 Å². The van der Waals surface area contributed by atoms with E-state index in [1.54, 1.807) is 0 Å². The molecule has 3 nitrogen and oxygen atoms in total. The van der Waals surface area contributed by atoms with Gasteiger partial charge in [-0.05, 0) is 61.7 Å². The van der Waals surface area contributed by atoms with Crippen molar-refractivity contribution in [1.82, 2.24) is 5.32 Å². The zero-order valence-corrected chi connectivity index (χ0v) is 17.3. The van der Waals surface area contributed by atoms with Crippen LogP contribution in [0, 0.1) is 13.8 Å². The number of rotatable bonds is 6. The summed E-state index contributed by atoms with van der Waals surface area (Å²) in [5, 5.41) is 3.54. The lowest BCUT2D eigenvalue weighted by Gasteiger charge is -2.34. The molecule has 0 aliphatic carbocycles. The van der Waals surface area contributed by atoms with Crippen LogP contribution in [0.3, 0.4) is 0 Å². The van der Waals surface area contributed by atoms with E-state index in [1.165, 1.54) is 16.7 Å². The van der Waals surface area contributed by atoms with Crippen LogP contribution in [-0.2, 0) is 17.3 Å². The Morgan fingerprint density at radius 2 is 1.64 bits per heavy atom. The summed E-state index contributed by atoms with van der Waals surface area (Å²) >= 11 is 0. The molecule has 0 fully saturated rings. The highest BCUT2D eigenvalue weighted by molar-refractivity contribution is 7.85. The molecule has 3 aromatic rings. The minimum absolute atomic E-state index is 0.885. The zero-order chi connectivity index (χ0) is 19.5. The molecule has 0 aromatic heterocycles. The molecule has 1 aliphatic rings. The van der Waals surface area contributed by atoms with Crippen LogP contribution in [0.25, 0.3) is 0 Å². The molecule has 1 aliphatic heterocycles. The second-order valence-electron chi connectivity index (χ2n) is 7.26. The van der Waals surface area contributed by atoms with Gasteiger partial charge in [-0.25, -0.2) is 4.21 Å². The molecule has 144 valence electrons. The van der Waals surface area contributed by atoms with Gasteiger partial charge in [0.05, 0.1) is 32.0 Å². The zero-order valence-electron chi connectivity index (χ0n) is 16.4. The highest BCUT2D eigenvalue weighted by Crippen LogP contribution is 2.44. The van der Waals surface area contributed by atoms with Gasteiger partial charge in [0.1, 0.15) is 0 Å². The van der Waals surface area contributed by atoms with Crippen LogP contribution in [0.2, 0.25) is 0 Å². The fraction of sp³-hybridized carbons (Fsp3) is 0.250. The number of para-hydroxylation sites is 1. The molecule has 1 atom stereocenters. The Bertz CT molecular complexity index is 1000. The smallest absolute Gasteiger partial charge is 0.0892 e. The van der Waals surface area contributed by atoms with E-state index in [9.17, 15) is 4.21 Å². The van der Waals surface area contributed by atoms with Crippen molar-refractivity contribution in [1.29, 1.82) is 0 Å². The average Bonchev–Trinajstić information content (AvgIpc) is 2.73. The van der Waals surface area contributed by atoms with Gasteiger partial charge in [-0.2, -0.15) is 0 Å². The number of hydrogen-bond donors (Lipinski definition) is 1. The Labute approximate surface area is 169 Å². The molecule has 0 amide bonds. The summed E-state index contributed by atoms with van der Waals surface area (Å²) in [4.78, 5) is 4.20. The minimum atomic E-state index is -1.12. The van der Waals surface area contributed by atoms with E-state index in [-0.39, 0.29) is 0 Å². The monoisotopic (exact) mass is 390 g/mol. The van der Waals surface area contributed by atoms with Crippen molar-refractivity contribution in [3.63, 3.8) is 0 Å². The Kier molecular flexibility index (Phi) is 5.60. The SMILES string of the molecule is Cc1ccc2c(c1C)N(CCCNCc1ccccc1)c1ccccc1S2=O. The van der Waals surface area contributed by atoms with Gasteiger partial charge in [0.25, 0.3) is 0 Å². The fourth-order valence-corrected chi connectivity index (χ4v) is 5.20. The number of benzene rings is 3. The van der Waals surface area contributed by atoms with E-state index in [1.807, 2.05) is 30.3 Å². The number of nitrogens with one attached hydrogen (secondary N) is 1. The number of anilines is 2. The summed E-state index contributed by atoms with van der Waals surface area (Å²) in [6.07, 6.45) is 1.01. The molecule has 0 saturated heterocycles. The first-order valence-electron chi connectivity index (χ1n) is 9.80. The van der Waals surface area contributed by atoms with Crippen LogP contribution in [0.5, 0.6) is 0 Å². The van der Waals surface area contributed by atoms with Gasteiger partial charge in [-0.1, -0.05) is 48.5 Å². The Balaban J connectivity index is 1.53. The molecule has 0 spiro atoms. The predicted molar refractivity (Wildman–Crippen MR) is 117 cm³/mol. The van der Waals surface area contributed by atoms with Crippen LogP contribution in [0.1, 0.15) is 23.1 Å². The molecular formula is C24H26N2OS. The number of aryl methyl sites for hydroxylation is 1. The van der Waals surface area contributed by atoms with E-state index < -0.39 is 10.8 Å². The summed E-state index contributed by atoms with van der Waals surface area (Å²) < 4.78 is 13.1. The normalized spacial score (nSPS) is 15.2. The topological polar surface area (TPSA) is 32.3 Å². The van der Waals surface area contributed by atoms with Crippen LogP contribution in [0.4, 0.5) is 11.4 Å². The van der Waals surface area contributed by atoms with Crippen molar-refractivity contribution >= 4 is 22.2 Å². The molecule has 0 radical (unpaired) electrons. The van der Waals surface area contributed by atoms with Gasteiger partial charge in [0, 0.05) is 13.1 Å². The molecule has 0 bridgehead atoms. The van der Waals surface area contributed by atoms with Crippen LogP contribution in [-0.4, -0.2) is 17.3 Å². The average molecular weight is 391 g/mol. The quantitative estimate of drug-likeness (QED) is 0.594. The molecule has 1 unspecified atom stereocenters. The van der Waals surface area contributed by atoms with E-state index in [4.69, 9.17) is 0 Å². The summed E-state index contributed by atoms with van der Waals surface area (Å²) in [6, 6.07) is 22.7. The molecule has 4 heteroatoms. The summed E-state index contributed by atoms with van der Waals surface area (Å²) in [6.45, 7) is 6.99. The number of nitrogens with zero attached hydrogens (tertiary/aromatic N) is 1. The van der Waals surface area contributed by atoms with Gasteiger partial charge in [0.2, 0.25) is 0 Å². The fourth-order valence-electron chi connectivity index (χ4n) is 3.76. The second kappa shape index (κ2) is 8.29. The summed E-state index contributed by atoms with van der Waals surface area (Å²) in [5.41, 5.74) is 5.96. The third-order valence-electron chi connectivity index (χ3n) is 5.40. The first-order chi connectivity index (χ1) is 13.7. The molecule has 3 aromatic carbocycles. The molecule has 1 N–H and O–H groups in total. The third-order valence-corrected chi connectivity index (χ3v) is 6.87. The summed E-state index contributed by atoms with van der Waals surface area (Å²) in [7, 11) is -1.12. The van der Waals surface area contributed by atoms with E-state index in [0.29, 0.717) is 0 Å². The van der Waals surface area contributed by atoms with Crippen molar-refractivity contribution in [2.24, 2.45) is 0 Å². The Hall–Kier alpha value is -2.43. The van der Waals surface area contributed by atoms with Crippen molar-refractivity contribution in [2.75, 3.05) is 18.0 Å². The maximum atomic E-state index is 13.1. The molecule has 4 rings (SSSR count). The van der Waals surface area contributed by atoms with Crippen molar-refractivity contribution in [3.8, 4) is 0 Å². The molecule has 0 saturated carbocycles. The third kappa shape index (κ3) is 3.62. The highest BCUT2D eigenvalue weighted by atomic mass is 32.2. The predicted octanol–water partition coefficient (Wildman–Crippen LogP) is 5.10. The Morgan fingerprint density at radius 3 is 2.46 bits per heavy atom. The van der Waals surface area contributed by atoms with E-state index in [0.717, 1.165) is 47.2 Å². The Morgan fingerprint density at radius 1 is 0.893 bits per heavy atom. The molecule has 28 heavy (non-hydrogen) atoms. The van der Waals surface area contributed by atoms with Crippen molar-refractivity contribution in [3.05, 3.63) is 83.4 Å². The second-order valence-corrected chi connectivity index (χ2v) is 8.68. The number of fused-ring (bicyclic) bond motifs is 2. The lowest BCUT2D eigenvalue weighted by molar-refractivity contribution is 0.646. The maximum absolute atomic E-state index is 13.1. The van der Waals surface area contributed by atoms with Gasteiger partial charge in [0.15, 0.2) is 0 Å². The maximum Gasteiger partial charge on any atom is 0.0892 e. The van der Waals surface area contributed by atoms with Crippen molar-refractivity contribution < 1.29 is 4.21 Å². The minimum Gasteiger partial charge on any atom is -0.339 e. The first kappa shape index (κ1) is 18.9. The van der Waals surface area contributed by atoms with Gasteiger partial charge in [-0.3, -0.25) is 0 Å². The lowest BCUT2D eigenvalue weighted by atomic mass is 10.1. The standard InChI is InChI=1S/C24H26N2OS/c1-18-13-14-23-24(19(18)2)26(21-11-6-7-12-22(21)28(23)27)16-8-15-25-17-20-9-4-3-5-10-20/h3-7,9-14,25H,8,15-17H2,1-2H3. The summed E-state index contributed by atoms with van der Waals surface area (Å²) in [5.74, 6) is 0. The first-order valence-corrected chi connectivity index (χ1v) is 10.9. The van der Waals surface area contributed by atoms with Crippen LogP contribution >= 0.6 is 0 Å². The van der Waals surface area contributed by atoms with Gasteiger partial charge < -0.3 is 10.2 Å². The van der Waals surface area contributed by atoms with Crippen molar-refractivity contribution in [2.45, 2.75) is 36.6 Å². The van der Waals surface area contributed by atoms with Crippen LogP contribution in [0.15, 0.2) is 76.5 Å². The lowest BCUT2D eigenvalue weighted by Crippen LogP contribution is -2.28.